The van der Waals surface area contributed by atoms with Crippen molar-refractivity contribution in [1.82, 2.24) is 15.1 Å². The van der Waals surface area contributed by atoms with E-state index in [0.29, 0.717) is 19.6 Å². The fourth-order valence-electron chi connectivity index (χ4n) is 2.76. The molecule has 1 amide bonds. The summed E-state index contributed by atoms with van der Waals surface area (Å²) in [5.41, 5.74) is 1.10. The molecule has 7 heteroatoms. The SMILES string of the molecule is CN=C(NCC1CC1)N1CCN(Cc2ccc(Cl)cc2)C(=O)C1.I. The number of piperazine rings is 1. The summed E-state index contributed by atoms with van der Waals surface area (Å²) in [5, 5.41) is 4.10. The highest BCUT2D eigenvalue weighted by Crippen LogP contribution is 2.27. The van der Waals surface area contributed by atoms with E-state index in [2.05, 4.69) is 10.3 Å². The second-order valence-corrected chi connectivity index (χ2v) is 6.67. The maximum absolute atomic E-state index is 12.4. The molecule has 0 aromatic heterocycles. The fourth-order valence-corrected chi connectivity index (χ4v) is 2.88. The quantitative estimate of drug-likeness (QED) is 0.425. The van der Waals surface area contributed by atoms with Crippen LogP contribution in [0.4, 0.5) is 0 Å². The van der Waals surface area contributed by atoms with E-state index in [1.807, 2.05) is 34.1 Å². The van der Waals surface area contributed by atoms with Crippen molar-refractivity contribution in [2.75, 3.05) is 33.2 Å². The summed E-state index contributed by atoms with van der Waals surface area (Å²) in [6.07, 6.45) is 2.61. The van der Waals surface area contributed by atoms with Crippen molar-refractivity contribution >= 4 is 47.4 Å². The van der Waals surface area contributed by atoms with E-state index in [9.17, 15) is 4.79 Å². The first-order valence-electron chi connectivity index (χ1n) is 8.13. The lowest BCUT2D eigenvalue weighted by Gasteiger charge is -2.36. The average molecular weight is 463 g/mol. The van der Waals surface area contributed by atoms with Crippen LogP contribution in [0.5, 0.6) is 0 Å². The van der Waals surface area contributed by atoms with E-state index in [1.54, 1.807) is 7.05 Å². The summed E-state index contributed by atoms with van der Waals surface area (Å²) in [5.74, 6) is 1.77. The lowest BCUT2D eigenvalue weighted by molar-refractivity contribution is -0.135. The molecule has 3 rings (SSSR count). The standard InChI is InChI=1S/C17H23ClN4O.HI/c1-19-17(20-10-13-2-3-13)22-9-8-21(16(23)12-22)11-14-4-6-15(18)7-5-14;/h4-7,13H,2-3,8-12H2,1H3,(H,19,20);1H. The molecule has 1 N–H and O–H groups in total. The number of nitrogens with zero attached hydrogens (tertiary/aromatic N) is 3. The molecule has 1 aromatic carbocycles. The van der Waals surface area contributed by atoms with Crippen molar-refractivity contribution in [2.24, 2.45) is 10.9 Å². The van der Waals surface area contributed by atoms with E-state index in [-0.39, 0.29) is 29.9 Å². The van der Waals surface area contributed by atoms with Crippen molar-refractivity contribution < 1.29 is 4.79 Å². The molecule has 1 saturated heterocycles. The molecule has 2 fully saturated rings. The van der Waals surface area contributed by atoms with Crippen LogP contribution in [0.3, 0.4) is 0 Å². The highest BCUT2D eigenvalue weighted by atomic mass is 127. The van der Waals surface area contributed by atoms with Crippen molar-refractivity contribution in [3.05, 3.63) is 34.9 Å². The van der Waals surface area contributed by atoms with E-state index in [4.69, 9.17) is 11.6 Å². The number of carbonyl (C=O) groups excluding carboxylic acids is 1. The number of hydrogen-bond donors (Lipinski definition) is 1. The Balaban J connectivity index is 0.00000208. The Morgan fingerprint density at radius 1 is 1.29 bits per heavy atom. The summed E-state index contributed by atoms with van der Waals surface area (Å²) in [7, 11) is 1.78. The van der Waals surface area contributed by atoms with E-state index in [0.717, 1.165) is 35.6 Å². The van der Waals surface area contributed by atoms with Gasteiger partial charge in [-0.1, -0.05) is 23.7 Å². The topological polar surface area (TPSA) is 47.9 Å². The van der Waals surface area contributed by atoms with Crippen LogP contribution in [0, 0.1) is 5.92 Å². The van der Waals surface area contributed by atoms with Crippen LogP contribution >= 0.6 is 35.6 Å². The van der Waals surface area contributed by atoms with Gasteiger partial charge in [0, 0.05) is 38.2 Å². The molecule has 0 unspecified atom stereocenters. The summed E-state index contributed by atoms with van der Waals surface area (Å²) in [6.45, 7) is 3.51. The van der Waals surface area contributed by atoms with Gasteiger partial charge in [-0.3, -0.25) is 9.79 Å². The van der Waals surface area contributed by atoms with Gasteiger partial charge in [0.25, 0.3) is 0 Å². The predicted octanol–water partition coefficient (Wildman–Crippen LogP) is 2.59. The molecule has 1 heterocycles. The van der Waals surface area contributed by atoms with Gasteiger partial charge in [-0.25, -0.2) is 0 Å². The van der Waals surface area contributed by atoms with Gasteiger partial charge in [-0.2, -0.15) is 0 Å². The number of carbonyl (C=O) groups is 1. The van der Waals surface area contributed by atoms with Crippen LogP contribution in [0.15, 0.2) is 29.3 Å². The maximum atomic E-state index is 12.4. The van der Waals surface area contributed by atoms with Crippen molar-refractivity contribution in [1.29, 1.82) is 0 Å². The first kappa shape index (κ1) is 19.3. The third kappa shape index (κ3) is 5.24. The predicted molar refractivity (Wildman–Crippen MR) is 108 cm³/mol. The minimum absolute atomic E-state index is 0. The second kappa shape index (κ2) is 8.89. The average Bonchev–Trinajstić information content (AvgIpc) is 3.37. The molecule has 1 aliphatic heterocycles. The van der Waals surface area contributed by atoms with Gasteiger partial charge in [0.1, 0.15) is 0 Å². The lowest BCUT2D eigenvalue weighted by Crippen LogP contribution is -2.55. The van der Waals surface area contributed by atoms with E-state index >= 15 is 0 Å². The molecule has 1 aromatic rings. The number of benzene rings is 1. The first-order chi connectivity index (χ1) is 11.2. The largest absolute Gasteiger partial charge is 0.356 e. The summed E-state index contributed by atoms with van der Waals surface area (Å²) in [6, 6.07) is 7.67. The third-order valence-electron chi connectivity index (χ3n) is 4.36. The van der Waals surface area contributed by atoms with E-state index in [1.165, 1.54) is 12.8 Å². The Bertz CT molecular complexity index is 589. The molecule has 132 valence electrons. The van der Waals surface area contributed by atoms with Crippen molar-refractivity contribution in [3.63, 3.8) is 0 Å². The second-order valence-electron chi connectivity index (χ2n) is 6.23. The molecule has 24 heavy (non-hydrogen) atoms. The Labute approximate surface area is 165 Å². The molecule has 0 radical (unpaired) electrons. The Hall–Kier alpha value is -1.02. The van der Waals surface area contributed by atoms with Crippen LogP contribution in [0.25, 0.3) is 0 Å². The number of aliphatic imine (C=N–C) groups is 1. The van der Waals surface area contributed by atoms with Crippen LogP contribution in [-0.2, 0) is 11.3 Å². The summed E-state index contributed by atoms with van der Waals surface area (Å²) < 4.78 is 0. The normalized spacial score (nSPS) is 18.4. The number of nitrogens with one attached hydrogen (secondary N) is 1. The van der Waals surface area contributed by atoms with Crippen LogP contribution < -0.4 is 5.32 Å². The molecule has 1 aliphatic carbocycles. The molecule has 2 aliphatic rings. The van der Waals surface area contributed by atoms with Gasteiger partial charge < -0.3 is 15.1 Å². The Morgan fingerprint density at radius 3 is 2.58 bits per heavy atom. The van der Waals surface area contributed by atoms with Gasteiger partial charge in [0.05, 0.1) is 6.54 Å². The highest BCUT2D eigenvalue weighted by Gasteiger charge is 2.27. The van der Waals surface area contributed by atoms with Gasteiger partial charge >= 0.3 is 0 Å². The van der Waals surface area contributed by atoms with Crippen LogP contribution in [0.1, 0.15) is 18.4 Å². The number of amides is 1. The number of rotatable bonds is 4. The Kier molecular flexibility index (Phi) is 7.16. The lowest BCUT2D eigenvalue weighted by atomic mass is 10.2. The highest BCUT2D eigenvalue weighted by molar-refractivity contribution is 14.0. The van der Waals surface area contributed by atoms with Gasteiger partial charge in [0.15, 0.2) is 5.96 Å². The summed E-state index contributed by atoms with van der Waals surface area (Å²) in [4.78, 5) is 20.7. The number of guanidine groups is 1. The van der Waals surface area contributed by atoms with Crippen molar-refractivity contribution in [2.45, 2.75) is 19.4 Å². The molecule has 0 spiro atoms. The zero-order valence-electron chi connectivity index (χ0n) is 13.9. The molecular formula is C17H24ClIN4O. The molecule has 0 bridgehead atoms. The Morgan fingerprint density at radius 2 is 2.00 bits per heavy atom. The van der Waals surface area contributed by atoms with Gasteiger partial charge in [-0.05, 0) is 36.5 Å². The molecule has 5 nitrogen and oxygen atoms in total. The number of hydrogen-bond acceptors (Lipinski definition) is 2. The van der Waals surface area contributed by atoms with Crippen molar-refractivity contribution in [3.8, 4) is 0 Å². The first-order valence-corrected chi connectivity index (χ1v) is 8.51. The molecular weight excluding hydrogens is 439 g/mol. The third-order valence-corrected chi connectivity index (χ3v) is 4.61. The minimum Gasteiger partial charge on any atom is -0.356 e. The molecule has 1 saturated carbocycles. The van der Waals surface area contributed by atoms with Crippen LogP contribution in [0.2, 0.25) is 5.02 Å². The van der Waals surface area contributed by atoms with Crippen LogP contribution in [-0.4, -0.2) is 54.9 Å². The zero-order valence-corrected chi connectivity index (χ0v) is 17.0. The van der Waals surface area contributed by atoms with E-state index < -0.39 is 0 Å². The minimum atomic E-state index is 0. The maximum Gasteiger partial charge on any atom is 0.242 e. The van der Waals surface area contributed by atoms with Gasteiger partial charge in [-0.15, -0.1) is 24.0 Å². The fraction of sp³-hybridized carbons (Fsp3) is 0.529. The molecule has 0 atom stereocenters. The van der Waals surface area contributed by atoms with Gasteiger partial charge in [0.2, 0.25) is 5.91 Å². The zero-order chi connectivity index (χ0) is 16.2. The smallest absolute Gasteiger partial charge is 0.242 e. The summed E-state index contributed by atoms with van der Waals surface area (Å²) >= 11 is 5.90. The number of halogens is 2. The monoisotopic (exact) mass is 462 g/mol.